The maximum absolute atomic E-state index is 5.90. The van der Waals surface area contributed by atoms with E-state index in [0.717, 1.165) is 22.4 Å². The zero-order chi connectivity index (χ0) is 13.1. The Morgan fingerprint density at radius 3 is 2.37 bits per heavy atom. The maximum atomic E-state index is 5.90. The lowest BCUT2D eigenvalue weighted by molar-refractivity contribution is 0.310. The van der Waals surface area contributed by atoms with E-state index in [4.69, 9.17) is 10.5 Å². The molecule has 2 N–H and O–H groups in total. The average molecular weight is 249 g/mol. The van der Waals surface area contributed by atoms with Crippen molar-refractivity contribution in [3.63, 3.8) is 0 Å². The Labute approximate surface area is 112 Å². The van der Waals surface area contributed by atoms with Crippen LogP contribution < -0.4 is 10.5 Å². The molecule has 0 saturated carbocycles. The monoisotopic (exact) mass is 249 g/mol. The van der Waals surface area contributed by atoms with Gasteiger partial charge in [0.2, 0.25) is 0 Å². The molecule has 0 bridgehead atoms. The van der Waals surface area contributed by atoms with E-state index < -0.39 is 0 Å². The Hall–Kier alpha value is -2.48. The van der Waals surface area contributed by atoms with Gasteiger partial charge in [0.1, 0.15) is 12.4 Å². The van der Waals surface area contributed by atoms with E-state index in [-0.39, 0.29) is 0 Å². The Bertz CT molecular complexity index is 684. The minimum Gasteiger partial charge on any atom is -0.488 e. The highest BCUT2D eigenvalue weighted by molar-refractivity contribution is 5.88. The van der Waals surface area contributed by atoms with Crippen LogP contribution in [0, 0.1) is 0 Å². The van der Waals surface area contributed by atoms with E-state index >= 15 is 0 Å². The van der Waals surface area contributed by atoms with Gasteiger partial charge in [0, 0.05) is 11.1 Å². The van der Waals surface area contributed by atoms with E-state index in [1.807, 2.05) is 48.5 Å². The number of ether oxygens (including phenoxy) is 1. The molecular formula is C17H15NO. The van der Waals surface area contributed by atoms with Gasteiger partial charge in [0.15, 0.2) is 0 Å². The SMILES string of the molecule is Nc1ccc(COc2cccc3ccccc23)cc1. The molecule has 3 aromatic rings. The zero-order valence-corrected chi connectivity index (χ0v) is 10.5. The first-order chi connectivity index (χ1) is 9.33. The maximum Gasteiger partial charge on any atom is 0.127 e. The number of anilines is 1. The van der Waals surface area contributed by atoms with E-state index in [1.54, 1.807) is 0 Å². The van der Waals surface area contributed by atoms with Crippen LogP contribution in [0.1, 0.15) is 5.56 Å². The van der Waals surface area contributed by atoms with Gasteiger partial charge in [-0.3, -0.25) is 0 Å². The van der Waals surface area contributed by atoms with Crippen LogP contribution >= 0.6 is 0 Å². The number of hydrogen-bond donors (Lipinski definition) is 1. The Kier molecular flexibility index (Phi) is 3.07. The van der Waals surface area contributed by atoms with Crippen LogP contribution in [0.15, 0.2) is 66.7 Å². The topological polar surface area (TPSA) is 35.2 Å². The molecule has 2 heteroatoms. The van der Waals surface area contributed by atoms with Crippen molar-refractivity contribution in [3.8, 4) is 5.75 Å². The first-order valence-electron chi connectivity index (χ1n) is 6.28. The molecule has 0 fully saturated rings. The number of hydrogen-bond acceptors (Lipinski definition) is 2. The van der Waals surface area contributed by atoms with Crippen molar-refractivity contribution >= 4 is 16.5 Å². The molecule has 94 valence electrons. The van der Waals surface area contributed by atoms with E-state index in [2.05, 4.69) is 18.2 Å². The van der Waals surface area contributed by atoms with Crippen molar-refractivity contribution in [3.05, 3.63) is 72.3 Å². The van der Waals surface area contributed by atoms with Crippen molar-refractivity contribution in [2.75, 3.05) is 5.73 Å². The number of nitrogen functional groups attached to an aromatic ring is 1. The lowest BCUT2D eigenvalue weighted by Gasteiger charge is -2.09. The summed E-state index contributed by atoms with van der Waals surface area (Å²) in [6.45, 7) is 0.550. The smallest absolute Gasteiger partial charge is 0.127 e. The molecule has 0 atom stereocenters. The van der Waals surface area contributed by atoms with Crippen molar-refractivity contribution in [1.29, 1.82) is 0 Å². The lowest BCUT2D eigenvalue weighted by atomic mass is 10.1. The van der Waals surface area contributed by atoms with E-state index in [0.29, 0.717) is 6.61 Å². The molecule has 0 amide bonds. The van der Waals surface area contributed by atoms with Gasteiger partial charge in [0.05, 0.1) is 0 Å². The van der Waals surface area contributed by atoms with Crippen LogP contribution in [0.2, 0.25) is 0 Å². The molecule has 0 radical (unpaired) electrons. The van der Waals surface area contributed by atoms with Gasteiger partial charge in [0.25, 0.3) is 0 Å². The number of fused-ring (bicyclic) bond motifs is 1. The van der Waals surface area contributed by atoms with E-state index in [9.17, 15) is 0 Å². The quantitative estimate of drug-likeness (QED) is 0.712. The Balaban J connectivity index is 1.84. The average Bonchev–Trinajstić information content (AvgIpc) is 2.47. The molecule has 3 rings (SSSR count). The Morgan fingerprint density at radius 1 is 0.789 bits per heavy atom. The highest BCUT2D eigenvalue weighted by Gasteiger charge is 2.01. The minimum absolute atomic E-state index is 0.550. The summed E-state index contributed by atoms with van der Waals surface area (Å²) in [5, 5.41) is 2.33. The molecule has 19 heavy (non-hydrogen) atoms. The van der Waals surface area contributed by atoms with Crippen LogP contribution in [0.3, 0.4) is 0 Å². The van der Waals surface area contributed by atoms with Gasteiger partial charge >= 0.3 is 0 Å². The molecule has 0 aliphatic rings. The third-order valence-corrected chi connectivity index (χ3v) is 3.12. The first kappa shape index (κ1) is 11.6. The van der Waals surface area contributed by atoms with Crippen LogP contribution in [-0.2, 0) is 6.61 Å². The number of nitrogens with two attached hydrogens (primary N) is 1. The Morgan fingerprint density at radius 2 is 1.53 bits per heavy atom. The van der Waals surface area contributed by atoms with Gasteiger partial charge in [-0.2, -0.15) is 0 Å². The minimum atomic E-state index is 0.550. The standard InChI is InChI=1S/C17H15NO/c18-15-10-8-13(9-11-15)12-19-17-7-3-5-14-4-1-2-6-16(14)17/h1-11H,12,18H2. The molecular weight excluding hydrogens is 234 g/mol. The molecule has 0 aromatic heterocycles. The van der Waals surface area contributed by atoms with Gasteiger partial charge in [-0.15, -0.1) is 0 Å². The van der Waals surface area contributed by atoms with Gasteiger partial charge in [-0.1, -0.05) is 48.5 Å². The van der Waals surface area contributed by atoms with Crippen LogP contribution in [-0.4, -0.2) is 0 Å². The number of benzene rings is 3. The molecule has 0 unspecified atom stereocenters. The third-order valence-electron chi connectivity index (χ3n) is 3.12. The van der Waals surface area contributed by atoms with Gasteiger partial charge < -0.3 is 10.5 Å². The van der Waals surface area contributed by atoms with Crippen LogP contribution in [0.5, 0.6) is 5.75 Å². The summed E-state index contributed by atoms with van der Waals surface area (Å²) in [5.41, 5.74) is 7.55. The fraction of sp³-hybridized carbons (Fsp3) is 0.0588. The summed E-state index contributed by atoms with van der Waals surface area (Å²) in [6, 6.07) is 22.1. The van der Waals surface area contributed by atoms with Crippen molar-refractivity contribution in [1.82, 2.24) is 0 Å². The van der Waals surface area contributed by atoms with Crippen LogP contribution in [0.4, 0.5) is 5.69 Å². The molecule has 3 aromatic carbocycles. The van der Waals surface area contributed by atoms with Crippen molar-refractivity contribution in [2.24, 2.45) is 0 Å². The second kappa shape index (κ2) is 5.02. The molecule has 0 spiro atoms. The molecule has 0 heterocycles. The summed E-state index contributed by atoms with van der Waals surface area (Å²) in [5.74, 6) is 0.912. The van der Waals surface area contributed by atoms with Gasteiger partial charge in [-0.25, -0.2) is 0 Å². The summed E-state index contributed by atoms with van der Waals surface area (Å²) < 4.78 is 5.90. The fourth-order valence-corrected chi connectivity index (χ4v) is 2.10. The largest absolute Gasteiger partial charge is 0.488 e. The highest BCUT2D eigenvalue weighted by atomic mass is 16.5. The lowest BCUT2D eigenvalue weighted by Crippen LogP contribution is -1.96. The van der Waals surface area contributed by atoms with Crippen molar-refractivity contribution < 1.29 is 4.74 Å². The summed E-state index contributed by atoms with van der Waals surface area (Å²) in [7, 11) is 0. The molecule has 2 nitrogen and oxygen atoms in total. The third kappa shape index (κ3) is 2.52. The first-order valence-corrected chi connectivity index (χ1v) is 6.28. The number of rotatable bonds is 3. The molecule has 0 aliphatic carbocycles. The molecule has 0 aliphatic heterocycles. The second-order valence-electron chi connectivity index (χ2n) is 4.51. The van der Waals surface area contributed by atoms with E-state index in [1.165, 1.54) is 5.39 Å². The molecule has 0 saturated heterocycles. The fourth-order valence-electron chi connectivity index (χ4n) is 2.10. The zero-order valence-electron chi connectivity index (χ0n) is 10.5. The normalized spacial score (nSPS) is 10.5. The predicted octanol–water partition coefficient (Wildman–Crippen LogP) is 4.00. The summed E-state index contributed by atoms with van der Waals surface area (Å²) >= 11 is 0. The highest BCUT2D eigenvalue weighted by Crippen LogP contribution is 2.25. The predicted molar refractivity (Wildman–Crippen MR) is 79.1 cm³/mol. The summed E-state index contributed by atoms with van der Waals surface area (Å²) in [4.78, 5) is 0. The van der Waals surface area contributed by atoms with Crippen molar-refractivity contribution in [2.45, 2.75) is 6.61 Å². The van der Waals surface area contributed by atoms with Crippen LogP contribution in [0.25, 0.3) is 10.8 Å². The summed E-state index contributed by atoms with van der Waals surface area (Å²) in [6.07, 6.45) is 0. The van der Waals surface area contributed by atoms with Gasteiger partial charge in [-0.05, 0) is 29.1 Å². The second-order valence-corrected chi connectivity index (χ2v) is 4.51.